The first-order chi connectivity index (χ1) is 8.65. The fourth-order valence-corrected chi connectivity index (χ4v) is 2.03. The van der Waals surface area contributed by atoms with Gasteiger partial charge in [0.2, 0.25) is 0 Å². The predicted octanol–water partition coefficient (Wildman–Crippen LogP) is 2.53. The average Bonchev–Trinajstić information content (AvgIpc) is 2.42. The van der Waals surface area contributed by atoms with Gasteiger partial charge in [0.05, 0.1) is 10.0 Å². The largest absolute Gasteiger partial charge is 0.359 e. The van der Waals surface area contributed by atoms with E-state index in [2.05, 4.69) is 50.3 Å². The van der Waals surface area contributed by atoms with E-state index in [0.717, 1.165) is 15.9 Å². The topological polar surface area (TPSA) is 63.8 Å². The van der Waals surface area contributed by atoms with E-state index in [4.69, 9.17) is 5.73 Å². The van der Waals surface area contributed by atoms with Crippen LogP contribution in [0.15, 0.2) is 47.3 Å². The molecule has 1 aromatic heterocycles. The van der Waals surface area contributed by atoms with Gasteiger partial charge in [0, 0.05) is 12.7 Å². The molecule has 5 heteroatoms. The maximum Gasteiger partial charge on any atom is 0.144 e. The van der Waals surface area contributed by atoms with Gasteiger partial charge in [-0.3, -0.25) is 0 Å². The van der Waals surface area contributed by atoms with Gasteiger partial charge in [-0.05, 0) is 28.4 Å². The van der Waals surface area contributed by atoms with E-state index in [-0.39, 0.29) is 5.54 Å². The van der Waals surface area contributed by atoms with E-state index in [1.54, 1.807) is 6.20 Å². The van der Waals surface area contributed by atoms with Gasteiger partial charge < -0.3 is 11.1 Å². The Kier molecular flexibility index (Phi) is 3.93. The van der Waals surface area contributed by atoms with Gasteiger partial charge in [0.25, 0.3) is 0 Å². The third-order valence-corrected chi connectivity index (χ3v) is 3.46. The monoisotopic (exact) mass is 306 g/mol. The standard InChI is InChI=1S/C13H15BrN4/c1-13(8-15,10-5-3-2-4-6-10)18-12-11(14)7-16-9-17-12/h2-7,9H,8,15H2,1H3,(H,16,17,18). The number of hydrogen-bond acceptors (Lipinski definition) is 4. The molecular weight excluding hydrogens is 292 g/mol. The van der Waals surface area contributed by atoms with Crippen LogP contribution in [0.1, 0.15) is 12.5 Å². The Morgan fingerprint density at radius 3 is 2.67 bits per heavy atom. The molecule has 0 saturated carbocycles. The van der Waals surface area contributed by atoms with Crippen molar-refractivity contribution in [3.63, 3.8) is 0 Å². The Labute approximate surface area is 115 Å². The van der Waals surface area contributed by atoms with Gasteiger partial charge >= 0.3 is 0 Å². The van der Waals surface area contributed by atoms with Crippen molar-refractivity contribution in [3.05, 3.63) is 52.9 Å². The number of nitrogens with zero attached hydrogens (tertiary/aromatic N) is 2. The van der Waals surface area contributed by atoms with Crippen molar-refractivity contribution >= 4 is 21.7 Å². The minimum absolute atomic E-state index is 0.363. The Hall–Kier alpha value is -1.46. The summed E-state index contributed by atoms with van der Waals surface area (Å²) in [5.41, 5.74) is 6.68. The molecule has 0 bridgehead atoms. The van der Waals surface area contributed by atoms with E-state index in [9.17, 15) is 0 Å². The highest BCUT2D eigenvalue weighted by Crippen LogP contribution is 2.27. The second kappa shape index (κ2) is 5.46. The first-order valence-corrected chi connectivity index (χ1v) is 6.44. The van der Waals surface area contributed by atoms with Crippen LogP contribution in [0.3, 0.4) is 0 Å². The molecule has 2 rings (SSSR count). The maximum absolute atomic E-state index is 5.92. The molecule has 1 aromatic carbocycles. The van der Waals surface area contributed by atoms with Crippen molar-refractivity contribution in [1.82, 2.24) is 9.97 Å². The lowest BCUT2D eigenvalue weighted by Crippen LogP contribution is -2.40. The second-order valence-corrected chi connectivity index (χ2v) is 5.10. The lowest BCUT2D eigenvalue weighted by Gasteiger charge is -2.30. The lowest BCUT2D eigenvalue weighted by atomic mass is 9.92. The van der Waals surface area contributed by atoms with Crippen molar-refractivity contribution in [2.24, 2.45) is 5.73 Å². The molecule has 94 valence electrons. The lowest BCUT2D eigenvalue weighted by molar-refractivity contribution is 0.553. The first kappa shape index (κ1) is 13.0. The number of aromatic nitrogens is 2. The molecule has 0 aliphatic carbocycles. The summed E-state index contributed by atoms with van der Waals surface area (Å²) in [6, 6.07) is 10.1. The van der Waals surface area contributed by atoms with Crippen LogP contribution in [-0.4, -0.2) is 16.5 Å². The average molecular weight is 307 g/mol. The van der Waals surface area contributed by atoms with Crippen molar-refractivity contribution in [1.29, 1.82) is 0 Å². The predicted molar refractivity (Wildman–Crippen MR) is 76.2 cm³/mol. The van der Waals surface area contributed by atoms with Crippen molar-refractivity contribution in [2.45, 2.75) is 12.5 Å². The molecule has 0 amide bonds. The molecule has 0 saturated heterocycles. The van der Waals surface area contributed by atoms with Gasteiger partial charge in [-0.15, -0.1) is 0 Å². The van der Waals surface area contributed by atoms with Crippen LogP contribution in [0.2, 0.25) is 0 Å². The summed E-state index contributed by atoms with van der Waals surface area (Å²) in [7, 11) is 0. The maximum atomic E-state index is 5.92. The Morgan fingerprint density at radius 1 is 1.33 bits per heavy atom. The number of halogens is 1. The smallest absolute Gasteiger partial charge is 0.144 e. The highest BCUT2D eigenvalue weighted by molar-refractivity contribution is 9.10. The zero-order valence-corrected chi connectivity index (χ0v) is 11.7. The quantitative estimate of drug-likeness (QED) is 0.911. The molecule has 3 N–H and O–H groups in total. The summed E-state index contributed by atoms with van der Waals surface area (Å²) >= 11 is 3.42. The van der Waals surface area contributed by atoms with Crippen LogP contribution < -0.4 is 11.1 Å². The summed E-state index contributed by atoms with van der Waals surface area (Å²) in [5, 5.41) is 3.37. The molecule has 1 unspecified atom stereocenters. The SMILES string of the molecule is CC(CN)(Nc1ncncc1Br)c1ccccc1. The van der Waals surface area contributed by atoms with Crippen molar-refractivity contribution in [2.75, 3.05) is 11.9 Å². The van der Waals surface area contributed by atoms with Gasteiger partial charge in [0.15, 0.2) is 0 Å². The Bertz CT molecular complexity index is 517. The van der Waals surface area contributed by atoms with Crippen LogP contribution in [0.4, 0.5) is 5.82 Å². The summed E-state index contributed by atoms with van der Waals surface area (Å²) in [6.45, 7) is 2.52. The highest BCUT2D eigenvalue weighted by atomic mass is 79.9. The minimum atomic E-state index is -0.363. The molecule has 0 aliphatic heterocycles. The summed E-state index contributed by atoms with van der Waals surface area (Å²) in [4.78, 5) is 8.16. The Morgan fingerprint density at radius 2 is 2.06 bits per heavy atom. The molecular formula is C13H15BrN4. The van der Waals surface area contributed by atoms with Gasteiger partial charge in [-0.2, -0.15) is 0 Å². The third kappa shape index (κ3) is 2.68. The van der Waals surface area contributed by atoms with Gasteiger partial charge in [0.1, 0.15) is 12.1 Å². The van der Waals surface area contributed by atoms with Gasteiger partial charge in [-0.25, -0.2) is 9.97 Å². The van der Waals surface area contributed by atoms with Crippen molar-refractivity contribution < 1.29 is 0 Å². The zero-order chi connectivity index (χ0) is 13.0. The normalized spacial score (nSPS) is 13.9. The van der Waals surface area contributed by atoms with Crippen LogP contribution in [-0.2, 0) is 5.54 Å². The molecule has 18 heavy (non-hydrogen) atoms. The van der Waals surface area contributed by atoms with Crippen LogP contribution in [0.25, 0.3) is 0 Å². The minimum Gasteiger partial charge on any atom is -0.359 e. The number of nitrogens with two attached hydrogens (primary N) is 1. The first-order valence-electron chi connectivity index (χ1n) is 5.65. The van der Waals surface area contributed by atoms with Gasteiger partial charge in [-0.1, -0.05) is 30.3 Å². The van der Waals surface area contributed by atoms with E-state index < -0.39 is 0 Å². The number of nitrogens with one attached hydrogen (secondary N) is 1. The third-order valence-electron chi connectivity index (χ3n) is 2.88. The molecule has 4 nitrogen and oxygen atoms in total. The summed E-state index contributed by atoms with van der Waals surface area (Å²) in [5.74, 6) is 0.738. The van der Waals surface area contributed by atoms with Crippen LogP contribution in [0.5, 0.6) is 0 Å². The van der Waals surface area contributed by atoms with Crippen molar-refractivity contribution in [3.8, 4) is 0 Å². The number of rotatable bonds is 4. The van der Waals surface area contributed by atoms with Crippen LogP contribution in [0, 0.1) is 0 Å². The Balaban J connectivity index is 2.32. The number of anilines is 1. The molecule has 0 aliphatic rings. The van der Waals surface area contributed by atoms with E-state index in [0.29, 0.717) is 6.54 Å². The molecule has 0 fully saturated rings. The molecule has 1 heterocycles. The second-order valence-electron chi connectivity index (χ2n) is 4.25. The summed E-state index contributed by atoms with van der Waals surface area (Å²) in [6.07, 6.45) is 3.21. The molecule has 0 spiro atoms. The molecule has 1 atom stereocenters. The van der Waals surface area contributed by atoms with E-state index in [1.807, 2.05) is 18.2 Å². The number of benzene rings is 1. The molecule has 2 aromatic rings. The zero-order valence-electron chi connectivity index (χ0n) is 10.1. The van der Waals surface area contributed by atoms with E-state index in [1.165, 1.54) is 6.33 Å². The van der Waals surface area contributed by atoms with Crippen LogP contribution >= 0.6 is 15.9 Å². The fraction of sp³-hybridized carbons (Fsp3) is 0.231. The highest BCUT2D eigenvalue weighted by Gasteiger charge is 2.25. The summed E-state index contributed by atoms with van der Waals surface area (Å²) < 4.78 is 0.820. The molecule has 0 radical (unpaired) electrons. The fourth-order valence-electron chi connectivity index (χ4n) is 1.71. The van der Waals surface area contributed by atoms with E-state index >= 15 is 0 Å². The number of hydrogen-bond donors (Lipinski definition) is 2.